The maximum absolute atomic E-state index is 10.0. The fourth-order valence-electron chi connectivity index (χ4n) is 1.97. The molecular weight excluding hydrogens is 216 g/mol. The molecule has 1 N–H and O–H groups in total. The summed E-state index contributed by atoms with van der Waals surface area (Å²) in [4.78, 5) is 1.16. The van der Waals surface area contributed by atoms with Crippen LogP contribution in [0.15, 0.2) is 11.4 Å². The molecule has 2 heteroatoms. The van der Waals surface area contributed by atoms with Gasteiger partial charge in [0, 0.05) is 4.88 Å². The third kappa shape index (κ3) is 4.67. The molecule has 0 amide bonds. The van der Waals surface area contributed by atoms with Crippen LogP contribution in [0.2, 0.25) is 0 Å². The number of thiophene rings is 1. The fraction of sp³-hybridized carbons (Fsp3) is 0.714. The molecule has 16 heavy (non-hydrogen) atoms. The molecule has 0 spiro atoms. The van der Waals surface area contributed by atoms with E-state index >= 15 is 0 Å². The molecule has 0 saturated carbocycles. The lowest BCUT2D eigenvalue weighted by Gasteiger charge is -2.09. The Morgan fingerprint density at radius 3 is 2.50 bits per heavy atom. The van der Waals surface area contributed by atoms with Gasteiger partial charge in [0.2, 0.25) is 0 Å². The minimum absolute atomic E-state index is 0.230. The van der Waals surface area contributed by atoms with E-state index in [-0.39, 0.29) is 6.10 Å². The summed E-state index contributed by atoms with van der Waals surface area (Å²) in [6.07, 6.45) is 8.45. The van der Waals surface area contributed by atoms with Gasteiger partial charge in [-0.05, 0) is 30.4 Å². The Morgan fingerprint density at radius 2 is 1.88 bits per heavy atom. The van der Waals surface area contributed by atoms with Crippen LogP contribution >= 0.6 is 11.3 Å². The van der Waals surface area contributed by atoms with Crippen molar-refractivity contribution in [3.63, 3.8) is 0 Å². The van der Waals surface area contributed by atoms with Gasteiger partial charge in [-0.25, -0.2) is 0 Å². The number of rotatable bonds is 8. The van der Waals surface area contributed by atoms with E-state index in [1.165, 1.54) is 37.7 Å². The highest BCUT2D eigenvalue weighted by Gasteiger charge is 2.10. The minimum Gasteiger partial charge on any atom is -0.388 e. The Morgan fingerprint density at radius 1 is 1.19 bits per heavy atom. The van der Waals surface area contributed by atoms with Gasteiger partial charge in [0.1, 0.15) is 0 Å². The van der Waals surface area contributed by atoms with E-state index in [1.54, 1.807) is 11.3 Å². The lowest BCUT2D eigenvalue weighted by molar-refractivity contribution is 0.166. The molecule has 0 radical (unpaired) electrons. The molecule has 1 rings (SSSR count). The van der Waals surface area contributed by atoms with Crippen molar-refractivity contribution in [2.75, 3.05) is 0 Å². The highest BCUT2D eigenvalue weighted by atomic mass is 32.1. The molecule has 0 aromatic carbocycles. The lowest BCUT2D eigenvalue weighted by atomic mass is 10.1. The zero-order chi connectivity index (χ0) is 11.8. The van der Waals surface area contributed by atoms with Crippen molar-refractivity contribution < 1.29 is 5.11 Å². The first kappa shape index (κ1) is 13.7. The second-order valence-corrected chi connectivity index (χ2v) is 5.49. The lowest BCUT2D eigenvalue weighted by Crippen LogP contribution is -1.96. The van der Waals surface area contributed by atoms with Gasteiger partial charge in [0.25, 0.3) is 0 Å². The zero-order valence-corrected chi connectivity index (χ0v) is 11.4. The second-order valence-electron chi connectivity index (χ2n) is 4.54. The van der Waals surface area contributed by atoms with Crippen molar-refractivity contribution in [2.45, 2.75) is 64.9 Å². The van der Waals surface area contributed by atoms with Gasteiger partial charge in [0.05, 0.1) is 6.10 Å². The Kier molecular flexibility index (Phi) is 6.74. The summed E-state index contributed by atoms with van der Waals surface area (Å²) < 4.78 is 0. The molecule has 0 aliphatic carbocycles. The van der Waals surface area contributed by atoms with Crippen LogP contribution in [0.1, 0.15) is 68.4 Å². The standard InChI is InChI=1S/C14H24OS/c1-3-4-5-6-7-8-9-13(15)14-12(2)10-11-16-14/h10-11,13,15H,3-9H2,1-2H3. The molecule has 1 aromatic rings. The smallest absolute Gasteiger partial charge is 0.0884 e. The van der Waals surface area contributed by atoms with Gasteiger partial charge in [-0.2, -0.15) is 0 Å². The van der Waals surface area contributed by atoms with Crippen molar-refractivity contribution in [1.29, 1.82) is 0 Å². The van der Waals surface area contributed by atoms with Gasteiger partial charge >= 0.3 is 0 Å². The predicted molar refractivity (Wildman–Crippen MR) is 72.0 cm³/mol. The third-order valence-electron chi connectivity index (χ3n) is 3.04. The van der Waals surface area contributed by atoms with Crippen molar-refractivity contribution in [3.05, 3.63) is 21.9 Å². The molecule has 0 aliphatic rings. The molecule has 0 bridgehead atoms. The molecule has 1 aromatic heterocycles. The van der Waals surface area contributed by atoms with Crippen LogP contribution < -0.4 is 0 Å². The van der Waals surface area contributed by atoms with E-state index < -0.39 is 0 Å². The van der Waals surface area contributed by atoms with Crippen molar-refractivity contribution >= 4 is 11.3 Å². The fourth-order valence-corrected chi connectivity index (χ4v) is 2.92. The van der Waals surface area contributed by atoms with Crippen molar-refractivity contribution in [1.82, 2.24) is 0 Å². The number of hydrogen-bond acceptors (Lipinski definition) is 2. The first-order valence-corrected chi connectivity index (χ1v) is 7.35. The highest BCUT2D eigenvalue weighted by molar-refractivity contribution is 7.10. The number of aryl methyl sites for hydroxylation is 1. The van der Waals surface area contributed by atoms with Gasteiger partial charge < -0.3 is 5.11 Å². The number of hydrogen-bond donors (Lipinski definition) is 1. The van der Waals surface area contributed by atoms with E-state index in [0.717, 1.165) is 17.7 Å². The summed E-state index contributed by atoms with van der Waals surface area (Å²) in [7, 11) is 0. The topological polar surface area (TPSA) is 20.2 Å². The molecule has 1 atom stereocenters. The summed E-state index contributed by atoms with van der Waals surface area (Å²) in [5.74, 6) is 0. The van der Waals surface area contributed by atoms with Crippen LogP contribution in [0.25, 0.3) is 0 Å². The van der Waals surface area contributed by atoms with Crippen LogP contribution in [0.4, 0.5) is 0 Å². The minimum atomic E-state index is -0.230. The monoisotopic (exact) mass is 240 g/mol. The second kappa shape index (κ2) is 7.86. The summed E-state index contributed by atoms with van der Waals surface area (Å²) in [5.41, 5.74) is 1.24. The largest absolute Gasteiger partial charge is 0.388 e. The van der Waals surface area contributed by atoms with E-state index in [0.29, 0.717) is 0 Å². The van der Waals surface area contributed by atoms with Crippen LogP contribution in [0.3, 0.4) is 0 Å². The molecule has 1 nitrogen and oxygen atoms in total. The average molecular weight is 240 g/mol. The van der Waals surface area contributed by atoms with Gasteiger partial charge in [0.15, 0.2) is 0 Å². The first-order valence-electron chi connectivity index (χ1n) is 6.47. The van der Waals surface area contributed by atoms with Crippen LogP contribution in [0.5, 0.6) is 0 Å². The van der Waals surface area contributed by atoms with Crippen molar-refractivity contribution in [2.24, 2.45) is 0 Å². The van der Waals surface area contributed by atoms with Gasteiger partial charge in [-0.1, -0.05) is 45.4 Å². The summed E-state index contributed by atoms with van der Waals surface area (Å²) in [6, 6.07) is 2.09. The van der Waals surface area contributed by atoms with Crippen molar-refractivity contribution in [3.8, 4) is 0 Å². The van der Waals surface area contributed by atoms with Gasteiger partial charge in [-0.3, -0.25) is 0 Å². The first-order chi connectivity index (χ1) is 7.75. The van der Waals surface area contributed by atoms with E-state index in [9.17, 15) is 5.11 Å². The van der Waals surface area contributed by atoms with Crippen LogP contribution in [-0.2, 0) is 0 Å². The molecule has 92 valence electrons. The molecule has 0 aliphatic heterocycles. The molecule has 1 unspecified atom stereocenters. The Bertz CT molecular complexity index is 280. The van der Waals surface area contributed by atoms with E-state index in [2.05, 4.69) is 25.3 Å². The zero-order valence-electron chi connectivity index (χ0n) is 10.5. The molecule has 0 fully saturated rings. The Hall–Kier alpha value is -0.340. The predicted octanol–water partition coefficient (Wildman–Crippen LogP) is 4.84. The Labute approximate surface area is 104 Å². The number of unbranched alkanes of at least 4 members (excludes halogenated alkanes) is 5. The maximum Gasteiger partial charge on any atom is 0.0884 e. The molecular formula is C14H24OS. The normalized spacial score (nSPS) is 12.9. The number of aliphatic hydroxyl groups excluding tert-OH is 1. The third-order valence-corrected chi connectivity index (χ3v) is 4.16. The van der Waals surface area contributed by atoms with Crippen LogP contribution in [0, 0.1) is 6.92 Å². The summed E-state index contributed by atoms with van der Waals surface area (Å²) in [6.45, 7) is 4.32. The van der Waals surface area contributed by atoms with Crippen LogP contribution in [-0.4, -0.2) is 5.11 Å². The molecule has 0 saturated heterocycles. The Balaban J connectivity index is 2.11. The average Bonchev–Trinajstić information content (AvgIpc) is 2.69. The quantitative estimate of drug-likeness (QED) is 0.645. The number of aliphatic hydroxyl groups is 1. The summed E-state index contributed by atoms with van der Waals surface area (Å²) in [5, 5.41) is 12.1. The van der Waals surface area contributed by atoms with E-state index in [4.69, 9.17) is 0 Å². The van der Waals surface area contributed by atoms with E-state index in [1.807, 2.05) is 0 Å². The van der Waals surface area contributed by atoms with Gasteiger partial charge in [-0.15, -0.1) is 11.3 Å². The maximum atomic E-state index is 10.0. The molecule has 1 heterocycles. The summed E-state index contributed by atoms with van der Waals surface area (Å²) >= 11 is 1.68. The SMILES string of the molecule is CCCCCCCCC(O)c1sccc1C. The highest BCUT2D eigenvalue weighted by Crippen LogP contribution is 2.27.